The van der Waals surface area contributed by atoms with Crippen LogP contribution in [0.5, 0.6) is 0 Å². The molecule has 6 N–H and O–H groups in total. The number of carbonyl (C=O) groups is 8. The minimum Gasteiger partial charge on any atom is -0.483 e. The number of rotatable bonds is 7. The first-order valence-electron chi connectivity index (χ1n) is 21.6. The summed E-state index contributed by atoms with van der Waals surface area (Å²) in [5, 5.41) is 28.0. The van der Waals surface area contributed by atoms with Gasteiger partial charge in [0.25, 0.3) is 18.3 Å². The third-order valence-electron chi connectivity index (χ3n) is 12.6. The average molecular weight is 913 g/mol. The fraction of sp³-hybridized carbons (Fsp3) is 0.422. The van der Waals surface area contributed by atoms with Crippen LogP contribution in [0, 0.1) is 0 Å². The van der Waals surface area contributed by atoms with Crippen molar-refractivity contribution in [3.05, 3.63) is 106 Å². The molecule has 344 valence electrons. The van der Waals surface area contributed by atoms with Gasteiger partial charge in [-0.1, -0.05) is 24.3 Å². The number of hydrogen-bond acceptors (Lipinski definition) is 12. The SMILES string of the molecule is Cl.O=C1CCC(N2Cc3cc(C4CCN(Cc5ccn[nH]5)CC4)ccc3C2=O)C(=O)N1.O=C1CCC(N2Cc3cc(C4CCNCC4)ccc3C2=O)C(=O)N1.O=CO.O=Cc1ccn[nH]1. The molecule has 8 heterocycles. The van der Waals surface area contributed by atoms with Gasteiger partial charge < -0.3 is 20.2 Å². The summed E-state index contributed by atoms with van der Waals surface area (Å²) in [5.41, 5.74) is 7.57. The van der Waals surface area contributed by atoms with Gasteiger partial charge in [0.1, 0.15) is 12.1 Å². The van der Waals surface area contributed by atoms with Crippen LogP contribution in [0.25, 0.3) is 0 Å². The zero-order valence-electron chi connectivity index (χ0n) is 35.7. The van der Waals surface area contributed by atoms with E-state index in [0.29, 0.717) is 60.9 Å². The number of imide groups is 2. The minimum atomic E-state index is -0.559. The van der Waals surface area contributed by atoms with Crippen molar-refractivity contribution in [3.8, 4) is 0 Å². The maximum absolute atomic E-state index is 12.9. The highest BCUT2D eigenvalue weighted by molar-refractivity contribution is 6.06. The average Bonchev–Trinajstić information content (AvgIpc) is 4.14. The molecular formula is C45H53ClN10O9. The van der Waals surface area contributed by atoms with Crippen molar-refractivity contribution < 1.29 is 43.5 Å². The van der Waals surface area contributed by atoms with Crippen LogP contribution in [0.2, 0.25) is 0 Å². The Morgan fingerprint density at radius 2 is 1.14 bits per heavy atom. The monoisotopic (exact) mass is 912 g/mol. The lowest BCUT2D eigenvalue weighted by Gasteiger charge is -2.32. The Hall–Kier alpha value is -6.57. The predicted molar refractivity (Wildman–Crippen MR) is 236 cm³/mol. The van der Waals surface area contributed by atoms with Gasteiger partial charge in [-0.25, -0.2) is 0 Å². The number of H-pyrrole nitrogens is 2. The van der Waals surface area contributed by atoms with Crippen LogP contribution in [0.15, 0.2) is 60.9 Å². The van der Waals surface area contributed by atoms with E-state index in [1.165, 1.54) is 17.3 Å². The summed E-state index contributed by atoms with van der Waals surface area (Å²) >= 11 is 0. The molecule has 0 bridgehead atoms. The Bertz CT molecular complexity index is 2340. The summed E-state index contributed by atoms with van der Waals surface area (Å²) in [4.78, 5) is 96.3. The second-order valence-electron chi connectivity index (χ2n) is 16.5. The third-order valence-corrected chi connectivity index (χ3v) is 12.6. The molecule has 2 aromatic carbocycles. The molecule has 2 unspecified atom stereocenters. The number of carboxylic acid groups (broad SMARTS) is 1. The molecule has 10 rings (SSSR count). The fourth-order valence-corrected chi connectivity index (χ4v) is 9.22. The Kier molecular flexibility index (Phi) is 16.5. The maximum Gasteiger partial charge on any atom is 0.290 e. The molecule has 6 amide bonds. The molecule has 0 radical (unpaired) electrons. The van der Waals surface area contributed by atoms with Gasteiger partial charge in [-0.05, 0) is 123 Å². The van der Waals surface area contributed by atoms with E-state index in [-0.39, 0.29) is 67.2 Å². The molecule has 4 aromatic rings. The summed E-state index contributed by atoms with van der Waals surface area (Å²) in [6, 6.07) is 14.7. The van der Waals surface area contributed by atoms with E-state index in [2.05, 4.69) is 65.5 Å². The number of carbonyl (C=O) groups excluding carboxylic acids is 7. The highest BCUT2D eigenvalue weighted by Crippen LogP contribution is 2.35. The Balaban J connectivity index is 0.000000178. The van der Waals surface area contributed by atoms with Gasteiger partial charge in [0.05, 0.1) is 5.69 Å². The van der Waals surface area contributed by atoms with Crippen molar-refractivity contribution in [2.75, 3.05) is 26.2 Å². The van der Waals surface area contributed by atoms with Crippen molar-refractivity contribution in [3.63, 3.8) is 0 Å². The summed E-state index contributed by atoms with van der Waals surface area (Å²) in [6.07, 6.45) is 9.79. The van der Waals surface area contributed by atoms with Crippen molar-refractivity contribution >= 4 is 60.6 Å². The van der Waals surface area contributed by atoms with Crippen molar-refractivity contribution in [1.82, 2.24) is 51.0 Å². The van der Waals surface area contributed by atoms with Crippen LogP contribution >= 0.6 is 12.4 Å². The summed E-state index contributed by atoms with van der Waals surface area (Å²) in [5.74, 6) is -0.431. The number of nitrogens with zero attached hydrogens (tertiary/aromatic N) is 5. The Morgan fingerprint density at radius 3 is 1.57 bits per heavy atom. The lowest BCUT2D eigenvalue weighted by Crippen LogP contribution is -2.52. The molecule has 0 saturated carbocycles. The summed E-state index contributed by atoms with van der Waals surface area (Å²) < 4.78 is 0. The first kappa shape index (κ1) is 47.9. The van der Waals surface area contributed by atoms with Crippen molar-refractivity contribution in [1.29, 1.82) is 0 Å². The van der Waals surface area contributed by atoms with E-state index in [0.717, 1.165) is 75.2 Å². The van der Waals surface area contributed by atoms with Crippen LogP contribution in [-0.4, -0.2) is 127 Å². The number of amides is 6. The maximum atomic E-state index is 12.9. The number of nitrogens with one attached hydrogen (secondary N) is 5. The van der Waals surface area contributed by atoms with Gasteiger partial charge in [0, 0.05) is 61.7 Å². The largest absolute Gasteiger partial charge is 0.483 e. The van der Waals surface area contributed by atoms with Crippen LogP contribution in [-0.2, 0) is 43.6 Å². The molecular weight excluding hydrogens is 860 g/mol. The van der Waals surface area contributed by atoms with Crippen molar-refractivity contribution in [2.24, 2.45) is 0 Å². The second-order valence-corrected chi connectivity index (χ2v) is 16.5. The zero-order valence-corrected chi connectivity index (χ0v) is 36.5. The smallest absolute Gasteiger partial charge is 0.290 e. The number of halogens is 1. The van der Waals surface area contributed by atoms with Gasteiger partial charge in [0.2, 0.25) is 23.6 Å². The number of hydrogen-bond donors (Lipinski definition) is 6. The van der Waals surface area contributed by atoms with E-state index in [1.807, 2.05) is 18.2 Å². The Morgan fingerprint density at radius 1 is 0.646 bits per heavy atom. The molecule has 6 aliphatic rings. The lowest BCUT2D eigenvalue weighted by molar-refractivity contribution is -0.138. The molecule has 2 atom stereocenters. The van der Waals surface area contributed by atoms with E-state index in [9.17, 15) is 33.6 Å². The number of aldehydes is 1. The third kappa shape index (κ3) is 11.6. The van der Waals surface area contributed by atoms with Crippen LogP contribution < -0.4 is 16.0 Å². The number of benzene rings is 2. The highest BCUT2D eigenvalue weighted by Gasteiger charge is 2.41. The summed E-state index contributed by atoms with van der Waals surface area (Å²) in [6.45, 7) is 5.66. The van der Waals surface area contributed by atoms with Crippen LogP contribution in [0.1, 0.15) is 122 Å². The molecule has 2 aromatic heterocycles. The highest BCUT2D eigenvalue weighted by atomic mass is 35.5. The number of piperidine rings is 4. The molecule has 0 spiro atoms. The molecule has 4 saturated heterocycles. The number of aromatic nitrogens is 4. The lowest BCUT2D eigenvalue weighted by atomic mass is 9.88. The van der Waals surface area contributed by atoms with E-state index < -0.39 is 12.1 Å². The van der Waals surface area contributed by atoms with Gasteiger partial charge in [0.15, 0.2) is 6.29 Å². The molecule has 6 aliphatic heterocycles. The normalized spacial score (nSPS) is 20.9. The standard InChI is InChI=1S/C22H25N5O3.C18H21N3O3.C4H4N2O.CH2O2.ClH/c28-20-4-3-19(21(29)24-20)27-12-16-11-15(1-2-18(16)22(27)30)14-6-9-26(10-7-14)13-17-5-8-23-25-17;22-16-4-3-15(17(23)20-16)21-10-13-9-12(1-2-14(13)18(21)24)11-5-7-19-8-6-11;7-3-4-1-2-5-6-4;2-1-3;/h1-2,5,8,11,14,19H,3-4,6-7,9-10,12-13H2,(H,23,25)(H,24,28,29);1-2,9,11,15,19H,3-8,10H2,(H,20,22,23);1-3H,(H,5,6);1H,(H,2,3);1H. The number of likely N-dealkylation sites (tertiary alicyclic amines) is 1. The van der Waals surface area contributed by atoms with Crippen LogP contribution in [0.3, 0.4) is 0 Å². The van der Waals surface area contributed by atoms with E-state index >= 15 is 0 Å². The van der Waals surface area contributed by atoms with Gasteiger partial charge >= 0.3 is 0 Å². The zero-order chi connectivity index (χ0) is 45.2. The van der Waals surface area contributed by atoms with Gasteiger partial charge in [-0.15, -0.1) is 12.4 Å². The minimum absolute atomic E-state index is 0. The first-order valence-corrected chi connectivity index (χ1v) is 21.6. The topological polar surface area (TPSA) is 260 Å². The Labute approximate surface area is 380 Å². The summed E-state index contributed by atoms with van der Waals surface area (Å²) in [7, 11) is 0. The van der Waals surface area contributed by atoms with Crippen LogP contribution in [0.4, 0.5) is 0 Å². The first-order chi connectivity index (χ1) is 31.1. The number of aromatic amines is 2. The molecule has 65 heavy (non-hydrogen) atoms. The van der Waals surface area contributed by atoms with E-state index in [1.54, 1.807) is 22.1 Å². The van der Waals surface area contributed by atoms with Gasteiger partial charge in [-0.2, -0.15) is 10.2 Å². The number of fused-ring (bicyclic) bond motifs is 2. The second kappa shape index (κ2) is 22.4. The molecule has 0 aliphatic carbocycles. The predicted octanol–water partition coefficient (Wildman–Crippen LogP) is 2.81. The van der Waals surface area contributed by atoms with Crippen molar-refractivity contribution in [2.45, 2.75) is 94.9 Å². The fourth-order valence-electron chi connectivity index (χ4n) is 9.22. The molecule has 4 fully saturated rings. The van der Waals surface area contributed by atoms with E-state index in [4.69, 9.17) is 9.90 Å². The molecule has 19 nitrogen and oxygen atoms in total. The quantitative estimate of drug-likeness (QED) is 0.115. The molecule has 20 heteroatoms. The van der Waals surface area contributed by atoms with Gasteiger partial charge in [-0.3, -0.25) is 64.1 Å².